The predicted molar refractivity (Wildman–Crippen MR) is 115 cm³/mol. The molecule has 31 heavy (non-hydrogen) atoms. The number of nitrogens with one attached hydrogen (secondary N) is 1. The Bertz CT molecular complexity index is 871. The largest absolute Gasteiger partial charge is 0.464 e. The van der Waals surface area contributed by atoms with Crippen molar-refractivity contribution in [1.82, 2.24) is 10.3 Å². The van der Waals surface area contributed by atoms with Crippen molar-refractivity contribution in [3.8, 4) is 0 Å². The average Bonchev–Trinajstić information content (AvgIpc) is 3.31. The molecule has 2 aromatic rings. The standard InChI is InChI=1S/C24H30N2O5/c1-30-24(29)20-16-31-23(26-20)22(28)19(14-12-17-8-4-2-5-9-17)25-21(27)15-13-18-10-6-3-7-11-18/h2,4-5,8-9,16,18-19H,3,6-7,10-15H2,1H3,(H,25,27). The van der Waals surface area contributed by atoms with Crippen LogP contribution in [-0.2, 0) is 16.0 Å². The van der Waals surface area contributed by atoms with Crippen molar-refractivity contribution in [3.63, 3.8) is 0 Å². The number of amides is 1. The summed E-state index contributed by atoms with van der Waals surface area (Å²) < 4.78 is 9.81. The zero-order chi connectivity index (χ0) is 22.1. The van der Waals surface area contributed by atoms with E-state index >= 15 is 0 Å². The first-order valence-electron chi connectivity index (χ1n) is 11.0. The van der Waals surface area contributed by atoms with Gasteiger partial charge in [-0.1, -0.05) is 62.4 Å². The molecule has 1 saturated carbocycles. The molecule has 0 spiro atoms. The highest BCUT2D eigenvalue weighted by atomic mass is 16.5. The molecule has 3 rings (SSSR count). The molecule has 166 valence electrons. The van der Waals surface area contributed by atoms with Gasteiger partial charge in [0, 0.05) is 6.42 Å². The lowest BCUT2D eigenvalue weighted by Crippen LogP contribution is -2.41. The molecule has 1 aromatic carbocycles. The SMILES string of the molecule is COC(=O)c1coc(C(=O)C(CCc2ccccc2)NC(=O)CCC2CCCCC2)n1. The molecule has 1 N–H and O–H groups in total. The van der Waals surface area contributed by atoms with Crippen molar-refractivity contribution in [2.75, 3.05) is 7.11 Å². The number of ether oxygens (including phenoxy) is 1. The number of esters is 1. The van der Waals surface area contributed by atoms with Gasteiger partial charge in [0.05, 0.1) is 13.2 Å². The Balaban J connectivity index is 1.64. The van der Waals surface area contributed by atoms with E-state index in [-0.39, 0.29) is 17.5 Å². The number of benzene rings is 1. The van der Waals surface area contributed by atoms with E-state index in [0.717, 1.165) is 18.2 Å². The third kappa shape index (κ3) is 6.77. The summed E-state index contributed by atoms with van der Waals surface area (Å²) in [5.74, 6) is -0.882. The fourth-order valence-corrected chi connectivity index (χ4v) is 4.04. The molecular weight excluding hydrogens is 396 g/mol. The molecule has 1 aliphatic carbocycles. The van der Waals surface area contributed by atoms with Gasteiger partial charge >= 0.3 is 5.97 Å². The first kappa shape index (κ1) is 22.7. The van der Waals surface area contributed by atoms with Crippen LogP contribution in [0.3, 0.4) is 0 Å². The summed E-state index contributed by atoms with van der Waals surface area (Å²) in [5, 5.41) is 2.87. The van der Waals surface area contributed by atoms with Gasteiger partial charge in [-0.15, -0.1) is 0 Å². The lowest BCUT2D eigenvalue weighted by molar-refractivity contribution is -0.122. The van der Waals surface area contributed by atoms with Gasteiger partial charge in [0.1, 0.15) is 6.26 Å². The fraction of sp³-hybridized carbons (Fsp3) is 0.500. The number of oxazole rings is 1. The van der Waals surface area contributed by atoms with Crippen LogP contribution in [0.25, 0.3) is 0 Å². The van der Waals surface area contributed by atoms with Crippen molar-refractivity contribution in [3.05, 3.63) is 53.7 Å². The second-order valence-corrected chi connectivity index (χ2v) is 8.08. The number of carbonyl (C=O) groups excluding carboxylic acids is 3. The predicted octanol–water partition coefficient (Wildman–Crippen LogP) is 4.12. The van der Waals surface area contributed by atoms with E-state index in [0.29, 0.717) is 25.2 Å². The lowest BCUT2D eigenvalue weighted by atomic mass is 9.86. The molecule has 7 nitrogen and oxygen atoms in total. The minimum absolute atomic E-state index is 0.0729. The summed E-state index contributed by atoms with van der Waals surface area (Å²) in [7, 11) is 1.23. The molecular formula is C24H30N2O5. The second-order valence-electron chi connectivity index (χ2n) is 8.08. The summed E-state index contributed by atoms with van der Waals surface area (Å²) in [5.41, 5.74) is 0.996. The van der Waals surface area contributed by atoms with Crippen molar-refractivity contribution in [2.24, 2.45) is 5.92 Å². The van der Waals surface area contributed by atoms with Crippen LogP contribution in [0.4, 0.5) is 0 Å². The highest BCUT2D eigenvalue weighted by Crippen LogP contribution is 2.27. The van der Waals surface area contributed by atoms with Crippen LogP contribution in [-0.4, -0.2) is 35.8 Å². The molecule has 1 heterocycles. The summed E-state index contributed by atoms with van der Waals surface area (Å²) in [6, 6.07) is 8.99. The van der Waals surface area contributed by atoms with Gasteiger partial charge in [-0.25, -0.2) is 4.79 Å². The van der Waals surface area contributed by atoms with E-state index in [2.05, 4.69) is 15.0 Å². The molecule has 1 aliphatic rings. The molecule has 0 aliphatic heterocycles. The fourth-order valence-electron chi connectivity index (χ4n) is 4.04. The maximum Gasteiger partial charge on any atom is 0.360 e. The number of aryl methyl sites for hydroxylation is 1. The van der Waals surface area contributed by atoms with Gasteiger partial charge in [-0.05, 0) is 30.7 Å². The number of Topliss-reactive ketones (excluding diaryl/α,β-unsaturated/α-hetero) is 1. The van der Waals surface area contributed by atoms with Gasteiger partial charge in [0.2, 0.25) is 11.7 Å². The maximum absolute atomic E-state index is 13.0. The minimum Gasteiger partial charge on any atom is -0.464 e. The number of aromatic nitrogens is 1. The highest BCUT2D eigenvalue weighted by Gasteiger charge is 2.27. The van der Waals surface area contributed by atoms with Crippen LogP contribution in [0, 0.1) is 5.92 Å². The molecule has 1 unspecified atom stereocenters. The number of rotatable bonds is 10. The zero-order valence-electron chi connectivity index (χ0n) is 18.0. The number of hydrogen-bond donors (Lipinski definition) is 1. The highest BCUT2D eigenvalue weighted by molar-refractivity contribution is 5.99. The minimum atomic E-state index is -0.775. The molecule has 1 amide bonds. The van der Waals surface area contributed by atoms with Crippen LogP contribution >= 0.6 is 0 Å². The van der Waals surface area contributed by atoms with E-state index in [9.17, 15) is 14.4 Å². The van der Waals surface area contributed by atoms with Crippen LogP contribution in [0.2, 0.25) is 0 Å². The number of hydrogen-bond acceptors (Lipinski definition) is 6. The summed E-state index contributed by atoms with van der Waals surface area (Å²) in [4.78, 5) is 41.2. The Hall–Kier alpha value is -2.96. The van der Waals surface area contributed by atoms with Crippen molar-refractivity contribution in [2.45, 2.75) is 63.8 Å². The van der Waals surface area contributed by atoms with Crippen LogP contribution in [0.5, 0.6) is 0 Å². The Labute approximate surface area is 182 Å². The van der Waals surface area contributed by atoms with Gasteiger partial charge in [0.15, 0.2) is 5.69 Å². The Morgan fingerprint density at radius 1 is 1.16 bits per heavy atom. The van der Waals surface area contributed by atoms with Crippen molar-refractivity contribution >= 4 is 17.7 Å². The maximum atomic E-state index is 13.0. The van der Waals surface area contributed by atoms with E-state index in [1.807, 2.05) is 30.3 Å². The molecule has 0 saturated heterocycles. The summed E-state index contributed by atoms with van der Waals surface area (Å²) >= 11 is 0. The van der Waals surface area contributed by atoms with Gasteiger partial charge in [-0.3, -0.25) is 9.59 Å². The normalized spacial score (nSPS) is 15.3. The smallest absolute Gasteiger partial charge is 0.360 e. The van der Waals surface area contributed by atoms with Crippen molar-refractivity contribution in [1.29, 1.82) is 0 Å². The Morgan fingerprint density at radius 2 is 1.90 bits per heavy atom. The average molecular weight is 427 g/mol. The first-order valence-corrected chi connectivity index (χ1v) is 11.0. The third-order valence-electron chi connectivity index (χ3n) is 5.83. The molecule has 1 fully saturated rings. The number of carbonyl (C=O) groups is 3. The van der Waals surface area contributed by atoms with E-state index in [4.69, 9.17) is 4.42 Å². The molecule has 0 radical (unpaired) electrons. The van der Waals surface area contributed by atoms with Crippen LogP contribution in [0.1, 0.15) is 78.1 Å². The van der Waals surface area contributed by atoms with Crippen LogP contribution in [0.15, 0.2) is 41.0 Å². The zero-order valence-corrected chi connectivity index (χ0v) is 18.0. The van der Waals surface area contributed by atoms with Gasteiger partial charge in [-0.2, -0.15) is 4.98 Å². The summed E-state index contributed by atoms with van der Waals surface area (Å²) in [6.45, 7) is 0. The molecule has 1 aromatic heterocycles. The number of ketones is 1. The molecule has 0 bridgehead atoms. The summed E-state index contributed by atoms with van der Waals surface area (Å²) in [6.07, 6.45) is 9.47. The lowest BCUT2D eigenvalue weighted by Gasteiger charge is -2.22. The second kappa shape index (κ2) is 11.4. The van der Waals surface area contributed by atoms with E-state index < -0.39 is 17.8 Å². The van der Waals surface area contributed by atoms with Crippen LogP contribution < -0.4 is 5.32 Å². The quantitative estimate of drug-likeness (QED) is 0.453. The number of methoxy groups -OCH3 is 1. The van der Waals surface area contributed by atoms with Gasteiger partial charge < -0.3 is 14.5 Å². The van der Waals surface area contributed by atoms with Gasteiger partial charge in [0.25, 0.3) is 5.89 Å². The Kier molecular flexibility index (Phi) is 8.38. The van der Waals surface area contributed by atoms with E-state index in [1.54, 1.807) is 0 Å². The monoisotopic (exact) mass is 426 g/mol. The van der Waals surface area contributed by atoms with E-state index in [1.165, 1.54) is 39.2 Å². The Morgan fingerprint density at radius 3 is 2.61 bits per heavy atom. The molecule has 1 atom stereocenters. The topological polar surface area (TPSA) is 98.5 Å². The third-order valence-corrected chi connectivity index (χ3v) is 5.83. The van der Waals surface area contributed by atoms with Crippen molar-refractivity contribution < 1.29 is 23.5 Å². The molecule has 7 heteroatoms. The number of nitrogens with zero attached hydrogens (tertiary/aromatic N) is 1. The first-order chi connectivity index (χ1) is 15.1.